The average Bonchev–Trinajstić information content (AvgIpc) is 2.82. The van der Waals surface area contributed by atoms with Gasteiger partial charge in [0.15, 0.2) is 5.82 Å². The van der Waals surface area contributed by atoms with Gasteiger partial charge in [0.25, 0.3) is 0 Å². The van der Waals surface area contributed by atoms with Crippen LogP contribution in [0.2, 0.25) is 0 Å². The minimum Gasteiger partial charge on any atom is -0.338 e. The maximum Gasteiger partial charge on any atom is 0.243 e. The minimum absolute atomic E-state index is 0.143. The molecule has 0 aliphatic heterocycles. The third-order valence-corrected chi connectivity index (χ3v) is 3.02. The molecule has 0 aliphatic carbocycles. The molecule has 1 aromatic carbocycles. The van der Waals surface area contributed by atoms with Crippen molar-refractivity contribution >= 4 is 0 Å². The van der Waals surface area contributed by atoms with Crippen molar-refractivity contribution in [3.63, 3.8) is 0 Å². The lowest BCUT2D eigenvalue weighted by Gasteiger charge is -2.06. The summed E-state index contributed by atoms with van der Waals surface area (Å²) in [6.45, 7) is 4.17. The number of hydrogen-bond acceptors (Lipinski definition) is 4. The molecular weight excluding hydrogens is 226 g/mol. The number of aromatic nitrogens is 2. The normalized spacial score (nSPS) is 12.6. The monoisotopic (exact) mass is 245 g/mol. The van der Waals surface area contributed by atoms with E-state index in [4.69, 9.17) is 4.52 Å². The van der Waals surface area contributed by atoms with Gasteiger partial charge in [-0.15, -0.1) is 0 Å². The van der Waals surface area contributed by atoms with E-state index in [-0.39, 0.29) is 6.04 Å². The van der Waals surface area contributed by atoms with Crippen LogP contribution in [0.1, 0.15) is 42.2 Å². The highest BCUT2D eigenvalue weighted by Gasteiger charge is 2.15. The lowest BCUT2D eigenvalue weighted by atomic mass is 10.1. The molecule has 1 N–H and O–H groups in total. The van der Waals surface area contributed by atoms with Gasteiger partial charge in [-0.3, -0.25) is 0 Å². The fourth-order valence-electron chi connectivity index (χ4n) is 1.87. The number of rotatable bonds is 5. The maximum atomic E-state index is 5.28. The Balaban J connectivity index is 2.08. The zero-order valence-electron chi connectivity index (χ0n) is 11.1. The largest absolute Gasteiger partial charge is 0.338 e. The Morgan fingerprint density at radius 2 is 2.00 bits per heavy atom. The molecule has 2 aromatic rings. The summed E-state index contributed by atoms with van der Waals surface area (Å²) in [6, 6.07) is 8.53. The zero-order valence-corrected chi connectivity index (χ0v) is 11.1. The Hall–Kier alpha value is -1.68. The molecule has 0 bridgehead atoms. The van der Waals surface area contributed by atoms with Crippen LogP contribution >= 0.6 is 0 Å². The van der Waals surface area contributed by atoms with Crippen LogP contribution in [-0.2, 0) is 6.42 Å². The van der Waals surface area contributed by atoms with Crippen molar-refractivity contribution in [2.75, 3.05) is 7.05 Å². The summed E-state index contributed by atoms with van der Waals surface area (Å²) in [6.07, 6.45) is 1.65. The molecule has 96 valence electrons. The van der Waals surface area contributed by atoms with Crippen molar-refractivity contribution in [3.8, 4) is 0 Å². The quantitative estimate of drug-likeness (QED) is 0.879. The van der Waals surface area contributed by atoms with Gasteiger partial charge in [-0.1, -0.05) is 41.9 Å². The van der Waals surface area contributed by atoms with E-state index in [2.05, 4.69) is 53.6 Å². The first-order valence-electron chi connectivity index (χ1n) is 6.28. The summed E-state index contributed by atoms with van der Waals surface area (Å²) in [7, 11) is 1.90. The van der Waals surface area contributed by atoms with E-state index >= 15 is 0 Å². The van der Waals surface area contributed by atoms with Crippen molar-refractivity contribution in [2.45, 2.75) is 32.7 Å². The van der Waals surface area contributed by atoms with Crippen molar-refractivity contribution < 1.29 is 4.52 Å². The van der Waals surface area contributed by atoms with E-state index < -0.39 is 0 Å². The second kappa shape index (κ2) is 5.78. The molecule has 4 heteroatoms. The molecule has 1 heterocycles. The van der Waals surface area contributed by atoms with Gasteiger partial charge < -0.3 is 9.84 Å². The third kappa shape index (κ3) is 2.96. The van der Waals surface area contributed by atoms with Gasteiger partial charge in [0, 0.05) is 6.42 Å². The van der Waals surface area contributed by atoms with Gasteiger partial charge in [0.05, 0.1) is 6.04 Å². The van der Waals surface area contributed by atoms with Crippen LogP contribution in [-0.4, -0.2) is 17.2 Å². The molecule has 0 saturated heterocycles. The van der Waals surface area contributed by atoms with Crippen LogP contribution in [0.5, 0.6) is 0 Å². The first kappa shape index (κ1) is 12.8. The topological polar surface area (TPSA) is 51.0 Å². The fourth-order valence-corrected chi connectivity index (χ4v) is 1.87. The first-order valence-corrected chi connectivity index (χ1v) is 6.28. The van der Waals surface area contributed by atoms with E-state index in [9.17, 15) is 0 Å². The molecule has 1 aromatic heterocycles. The van der Waals surface area contributed by atoms with Crippen LogP contribution < -0.4 is 5.32 Å². The van der Waals surface area contributed by atoms with Gasteiger partial charge in [-0.05, 0) is 26.0 Å². The predicted octanol–water partition coefficient (Wildman–Crippen LogP) is 2.64. The molecule has 2 rings (SSSR count). The zero-order chi connectivity index (χ0) is 13.0. The number of nitrogens with one attached hydrogen (secondary N) is 1. The predicted molar refractivity (Wildman–Crippen MR) is 70.4 cm³/mol. The summed E-state index contributed by atoms with van der Waals surface area (Å²) in [5, 5.41) is 7.18. The fraction of sp³-hybridized carbons (Fsp3) is 0.429. The van der Waals surface area contributed by atoms with Crippen LogP contribution in [0.25, 0.3) is 0 Å². The molecular formula is C14H19N3O. The number of hydrogen-bond donors (Lipinski definition) is 1. The molecule has 0 aliphatic rings. The van der Waals surface area contributed by atoms with E-state index in [1.54, 1.807) is 0 Å². The molecule has 4 nitrogen and oxygen atoms in total. The highest BCUT2D eigenvalue weighted by Crippen LogP contribution is 2.15. The van der Waals surface area contributed by atoms with Crippen molar-refractivity contribution in [2.24, 2.45) is 0 Å². The van der Waals surface area contributed by atoms with Crippen LogP contribution in [0.15, 0.2) is 28.8 Å². The van der Waals surface area contributed by atoms with Gasteiger partial charge in [-0.2, -0.15) is 4.98 Å². The maximum absolute atomic E-state index is 5.28. The minimum atomic E-state index is 0.143. The Morgan fingerprint density at radius 3 is 2.61 bits per heavy atom. The standard InChI is InChI=1S/C14H19N3O/c1-4-12(15-3)14-16-13(17-18-14)9-11-7-5-10(2)6-8-11/h5-8,12,15H,4,9H2,1-3H3. The van der Waals surface area contributed by atoms with Gasteiger partial charge in [-0.25, -0.2) is 0 Å². The molecule has 18 heavy (non-hydrogen) atoms. The van der Waals surface area contributed by atoms with Crippen LogP contribution in [0, 0.1) is 6.92 Å². The van der Waals surface area contributed by atoms with E-state index in [1.807, 2.05) is 7.05 Å². The highest BCUT2D eigenvalue weighted by atomic mass is 16.5. The molecule has 0 radical (unpaired) electrons. The van der Waals surface area contributed by atoms with E-state index in [0.29, 0.717) is 12.3 Å². The summed E-state index contributed by atoms with van der Waals surface area (Å²) in [5.74, 6) is 1.41. The molecule has 1 unspecified atom stereocenters. The van der Waals surface area contributed by atoms with E-state index in [1.165, 1.54) is 11.1 Å². The summed E-state index contributed by atoms with van der Waals surface area (Å²) >= 11 is 0. The van der Waals surface area contributed by atoms with Crippen molar-refractivity contribution in [1.82, 2.24) is 15.5 Å². The Bertz CT molecular complexity index is 486. The number of aryl methyl sites for hydroxylation is 1. The summed E-state index contributed by atoms with van der Waals surface area (Å²) in [5.41, 5.74) is 2.46. The highest BCUT2D eigenvalue weighted by molar-refractivity contribution is 5.23. The SMILES string of the molecule is CCC(NC)c1nc(Cc2ccc(C)cc2)no1. The third-order valence-electron chi connectivity index (χ3n) is 3.02. The lowest BCUT2D eigenvalue weighted by Crippen LogP contribution is -2.15. The Labute approximate surface area is 107 Å². The van der Waals surface area contributed by atoms with Gasteiger partial charge >= 0.3 is 0 Å². The molecule has 1 atom stereocenters. The second-order valence-electron chi connectivity index (χ2n) is 4.46. The van der Waals surface area contributed by atoms with Crippen LogP contribution in [0.3, 0.4) is 0 Å². The summed E-state index contributed by atoms with van der Waals surface area (Å²) < 4.78 is 5.28. The Kier molecular flexibility index (Phi) is 4.10. The first-order chi connectivity index (χ1) is 8.72. The van der Waals surface area contributed by atoms with Gasteiger partial charge in [0.1, 0.15) is 0 Å². The lowest BCUT2D eigenvalue weighted by molar-refractivity contribution is 0.331. The average molecular weight is 245 g/mol. The number of nitrogens with zero attached hydrogens (tertiary/aromatic N) is 2. The van der Waals surface area contributed by atoms with Crippen molar-refractivity contribution in [1.29, 1.82) is 0 Å². The smallest absolute Gasteiger partial charge is 0.243 e. The van der Waals surface area contributed by atoms with Gasteiger partial charge in [0.2, 0.25) is 5.89 Å². The molecule has 0 amide bonds. The van der Waals surface area contributed by atoms with E-state index in [0.717, 1.165) is 12.2 Å². The number of benzene rings is 1. The molecule has 0 saturated carbocycles. The summed E-state index contributed by atoms with van der Waals surface area (Å²) in [4.78, 5) is 4.43. The van der Waals surface area contributed by atoms with Crippen LogP contribution in [0.4, 0.5) is 0 Å². The Morgan fingerprint density at radius 1 is 1.28 bits per heavy atom. The van der Waals surface area contributed by atoms with Crippen molar-refractivity contribution in [3.05, 3.63) is 47.1 Å². The second-order valence-corrected chi connectivity index (χ2v) is 4.46. The molecule has 0 fully saturated rings. The molecule has 0 spiro atoms.